The monoisotopic (exact) mass is 493 g/mol. The van der Waals surface area contributed by atoms with Crippen molar-refractivity contribution in [1.29, 1.82) is 0 Å². The minimum atomic E-state index is -0.688. The number of benzene rings is 1. The molecule has 0 saturated carbocycles. The molecule has 11 heteroatoms. The maximum absolute atomic E-state index is 12.9. The van der Waals surface area contributed by atoms with E-state index < -0.39 is 35.5 Å². The summed E-state index contributed by atoms with van der Waals surface area (Å²) in [6, 6.07) is 5.32. The summed E-state index contributed by atoms with van der Waals surface area (Å²) in [5.74, 6) is -2.61. The van der Waals surface area contributed by atoms with Gasteiger partial charge < -0.3 is 21.1 Å². The number of anilines is 2. The number of halogens is 1. The van der Waals surface area contributed by atoms with Crippen molar-refractivity contribution < 1.29 is 28.3 Å². The van der Waals surface area contributed by atoms with Gasteiger partial charge in [0.25, 0.3) is 11.8 Å². The molecule has 1 aliphatic carbocycles. The predicted molar refractivity (Wildman–Crippen MR) is 126 cm³/mol. The van der Waals surface area contributed by atoms with E-state index in [0.29, 0.717) is 16.3 Å². The molecule has 0 fully saturated rings. The Morgan fingerprint density at radius 1 is 1.12 bits per heavy atom. The second-order valence-electron chi connectivity index (χ2n) is 7.44. The number of primary amides is 1. The number of esters is 1. The summed E-state index contributed by atoms with van der Waals surface area (Å²) in [7, 11) is 0. The van der Waals surface area contributed by atoms with Crippen LogP contribution in [-0.2, 0) is 32.0 Å². The number of thiophene rings is 1. The van der Waals surface area contributed by atoms with Gasteiger partial charge in [0.1, 0.15) is 16.1 Å². The topological polar surface area (TPSA) is 128 Å². The molecule has 3 rings (SSSR count). The first-order valence-electron chi connectivity index (χ1n) is 10.3. The number of amides is 3. The summed E-state index contributed by atoms with van der Waals surface area (Å²) in [6.07, 6.45) is 3.58. The first-order valence-corrected chi connectivity index (χ1v) is 12.2. The first kappa shape index (κ1) is 24.7. The Hall–Kier alpha value is -2.92. The standard InChI is InChI=1S/C22H24FN3O5S2/c1-12(32-11-18(28)25-14-8-6-13(23)7-9-14)22(30)31-10-17(27)26-21-19(20(24)29)15-4-2-3-5-16(15)33-21/h6-9,12H,2-5,10-11H2,1H3,(H2,24,29)(H,25,28)(H,26,27). The maximum Gasteiger partial charge on any atom is 0.319 e. The van der Waals surface area contributed by atoms with Crippen molar-refractivity contribution in [2.24, 2.45) is 5.73 Å². The van der Waals surface area contributed by atoms with Crippen molar-refractivity contribution in [3.63, 3.8) is 0 Å². The van der Waals surface area contributed by atoms with Gasteiger partial charge >= 0.3 is 5.97 Å². The zero-order valence-electron chi connectivity index (χ0n) is 17.9. The molecule has 2 aromatic rings. The van der Waals surface area contributed by atoms with E-state index in [2.05, 4.69) is 10.6 Å². The number of fused-ring (bicyclic) bond motifs is 1. The van der Waals surface area contributed by atoms with E-state index in [0.717, 1.165) is 47.9 Å². The molecule has 3 amide bonds. The van der Waals surface area contributed by atoms with Crippen molar-refractivity contribution in [2.75, 3.05) is 23.0 Å². The summed E-state index contributed by atoms with van der Waals surface area (Å²) in [6.45, 7) is 1.04. The third kappa shape index (κ3) is 6.78. The van der Waals surface area contributed by atoms with Crippen molar-refractivity contribution >= 4 is 57.5 Å². The molecule has 0 spiro atoms. The molecule has 0 radical (unpaired) electrons. The number of aryl methyl sites for hydroxylation is 1. The van der Waals surface area contributed by atoms with E-state index in [1.807, 2.05) is 0 Å². The second-order valence-corrected chi connectivity index (χ2v) is 9.88. The average molecular weight is 494 g/mol. The lowest BCUT2D eigenvalue weighted by atomic mass is 9.95. The van der Waals surface area contributed by atoms with Crippen LogP contribution in [0.15, 0.2) is 24.3 Å². The average Bonchev–Trinajstić information content (AvgIpc) is 3.15. The van der Waals surface area contributed by atoms with Gasteiger partial charge in [0.2, 0.25) is 5.91 Å². The van der Waals surface area contributed by atoms with Gasteiger partial charge in [-0.3, -0.25) is 19.2 Å². The van der Waals surface area contributed by atoms with Crippen LogP contribution in [0.5, 0.6) is 0 Å². The molecule has 1 atom stereocenters. The third-order valence-electron chi connectivity index (χ3n) is 4.94. The van der Waals surface area contributed by atoms with Gasteiger partial charge in [-0.15, -0.1) is 23.1 Å². The second kappa shape index (κ2) is 11.3. The van der Waals surface area contributed by atoms with Gasteiger partial charge in [-0.2, -0.15) is 0 Å². The number of hydrogen-bond acceptors (Lipinski definition) is 7. The van der Waals surface area contributed by atoms with E-state index in [9.17, 15) is 23.6 Å². The van der Waals surface area contributed by atoms with Gasteiger partial charge in [0.15, 0.2) is 6.61 Å². The highest BCUT2D eigenvalue weighted by Crippen LogP contribution is 2.37. The molecular formula is C22H24FN3O5S2. The lowest BCUT2D eigenvalue weighted by Gasteiger charge is -2.12. The van der Waals surface area contributed by atoms with E-state index in [1.165, 1.54) is 35.6 Å². The predicted octanol–water partition coefficient (Wildman–Crippen LogP) is 3.11. The molecule has 1 aromatic carbocycles. The van der Waals surface area contributed by atoms with Gasteiger partial charge in [-0.05, 0) is 62.4 Å². The van der Waals surface area contributed by atoms with Gasteiger partial charge in [-0.25, -0.2) is 4.39 Å². The summed E-state index contributed by atoms with van der Waals surface area (Å²) in [5.41, 5.74) is 7.19. The number of ether oxygens (including phenoxy) is 1. The molecule has 0 saturated heterocycles. The highest BCUT2D eigenvalue weighted by molar-refractivity contribution is 8.01. The molecule has 1 unspecified atom stereocenters. The van der Waals surface area contributed by atoms with Gasteiger partial charge in [0.05, 0.1) is 11.3 Å². The molecular weight excluding hydrogens is 469 g/mol. The minimum Gasteiger partial charge on any atom is -0.455 e. The summed E-state index contributed by atoms with van der Waals surface area (Å²) in [5, 5.41) is 4.92. The molecule has 4 N–H and O–H groups in total. The van der Waals surface area contributed by atoms with E-state index in [1.54, 1.807) is 6.92 Å². The van der Waals surface area contributed by atoms with Crippen LogP contribution in [0.3, 0.4) is 0 Å². The Morgan fingerprint density at radius 2 is 1.82 bits per heavy atom. The van der Waals surface area contributed by atoms with Crippen LogP contribution in [0.4, 0.5) is 15.1 Å². The number of carbonyl (C=O) groups is 4. The number of carbonyl (C=O) groups excluding carboxylic acids is 4. The van der Waals surface area contributed by atoms with E-state index in [4.69, 9.17) is 10.5 Å². The molecule has 8 nitrogen and oxygen atoms in total. The minimum absolute atomic E-state index is 0.0252. The Balaban J connectivity index is 1.45. The van der Waals surface area contributed by atoms with Crippen molar-refractivity contribution in [3.05, 3.63) is 46.1 Å². The zero-order valence-corrected chi connectivity index (χ0v) is 19.6. The largest absolute Gasteiger partial charge is 0.455 e. The summed E-state index contributed by atoms with van der Waals surface area (Å²) < 4.78 is 18.0. The van der Waals surface area contributed by atoms with Crippen LogP contribution in [0.2, 0.25) is 0 Å². The van der Waals surface area contributed by atoms with Crippen molar-refractivity contribution in [3.8, 4) is 0 Å². The van der Waals surface area contributed by atoms with Crippen LogP contribution in [-0.4, -0.2) is 41.3 Å². The fraction of sp³-hybridized carbons (Fsp3) is 0.364. The molecule has 0 bridgehead atoms. The van der Waals surface area contributed by atoms with Crippen LogP contribution in [0.25, 0.3) is 0 Å². The van der Waals surface area contributed by atoms with Crippen LogP contribution >= 0.6 is 23.1 Å². The van der Waals surface area contributed by atoms with E-state index in [-0.39, 0.29) is 11.7 Å². The van der Waals surface area contributed by atoms with E-state index >= 15 is 0 Å². The summed E-state index contributed by atoms with van der Waals surface area (Å²) in [4.78, 5) is 49.4. The Bertz CT molecular complexity index is 1060. The molecule has 0 aliphatic heterocycles. The van der Waals surface area contributed by atoms with Gasteiger partial charge in [-0.1, -0.05) is 0 Å². The maximum atomic E-state index is 12.9. The fourth-order valence-corrected chi connectivity index (χ4v) is 5.32. The lowest BCUT2D eigenvalue weighted by Crippen LogP contribution is -2.26. The van der Waals surface area contributed by atoms with Crippen molar-refractivity contribution in [1.82, 2.24) is 0 Å². The van der Waals surface area contributed by atoms with Crippen LogP contribution < -0.4 is 16.4 Å². The first-order chi connectivity index (χ1) is 15.7. The van der Waals surface area contributed by atoms with Crippen molar-refractivity contribution in [2.45, 2.75) is 37.9 Å². The number of nitrogens with one attached hydrogen (secondary N) is 2. The highest BCUT2D eigenvalue weighted by atomic mass is 32.2. The number of thioether (sulfide) groups is 1. The number of rotatable bonds is 9. The number of nitrogens with two attached hydrogens (primary N) is 1. The zero-order chi connectivity index (χ0) is 24.0. The fourth-order valence-electron chi connectivity index (χ4n) is 3.33. The van der Waals surface area contributed by atoms with Gasteiger partial charge in [0, 0.05) is 10.6 Å². The molecule has 33 heavy (non-hydrogen) atoms. The number of hydrogen-bond donors (Lipinski definition) is 3. The quantitative estimate of drug-likeness (QED) is 0.461. The van der Waals surface area contributed by atoms with Crippen LogP contribution in [0.1, 0.15) is 40.6 Å². The van der Waals surface area contributed by atoms with Crippen LogP contribution in [0, 0.1) is 5.82 Å². The Morgan fingerprint density at radius 3 is 2.52 bits per heavy atom. The molecule has 1 heterocycles. The Labute approximate surface area is 198 Å². The molecule has 1 aliphatic rings. The SMILES string of the molecule is CC(SCC(=O)Nc1ccc(F)cc1)C(=O)OCC(=O)Nc1sc2c(c1C(N)=O)CCCC2. The molecule has 1 aromatic heterocycles. The lowest BCUT2D eigenvalue weighted by molar-refractivity contribution is -0.146. The summed E-state index contributed by atoms with van der Waals surface area (Å²) >= 11 is 2.37. The smallest absolute Gasteiger partial charge is 0.319 e. The third-order valence-corrected chi connectivity index (χ3v) is 7.27. The Kier molecular flexibility index (Phi) is 8.45. The highest BCUT2D eigenvalue weighted by Gasteiger charge is 2.25. The molecule has 176 valence electrons. The normalized spacial score (nSPS) is 13.5.